The van der Waals surface area contributed by atoms with Crippen LogP contribution in [0.1, 0.15) is 25.8 Å². The predicted octanol–water partition coefficient (Wildman–Crippen LogP) is 2.74. The van der Waals surface area contributed by atoms with Crippen molar-refractivity contribution in [2.45, 2.75) is 26.4 Å². The van der Waals surface area contributed by atoms with Crippen LogP contribution in [0.3, 0.4) is 0 Å². The maximum absolute atomic E-state index is 12.9. The van der Waals surface area contributed by atoms with Crippen LogP contribution in [0.15, 0.2) is 12.1 Å². The lowest BCUT2D eigenvalue weighted by atomic mass is 10.2. The van der Waals surface area contributed by atoms with Crippen LogP contribution in [0.2, 0.25) is 0 Å². The van der Waals surface area contributed by atoms with Gasteiger partial charge in [-0.2, -0.15) is 13.2 Å². The van der Waals surface area contributed by atoms with Gasteiger partial charge in [0.25, 0.3) is 0 Å². The molecule has 0 saturated carbocycles. The van der Waals surface area contributed by atoms with Crippen LogP contribution in [0.25, 0.3) is 0 Å². The van der Waals surface area contributed by atoms with Crippen molar-refractivity contribution < 1.29 is 18.3 Å². The van der Waals surface area contributed by atoms with Gasteiger partial charge in [-0.05, 0) is 25.5 Å². The molecular weight excluding hydrogens is 271 g/mol. The van der Waals surface area contributed by atoms with E-state index < -0.39 is 11.7 Å². The van der Waals surface area contributed by atoms with Crippen molar-refractivity contribution >= 4 is 11.6 Å². The molecule has 1 rings (SSSR count). The number of aromatic nitrogens is 1. The Labute approximate surface area is 116 Å². The van der Waals surface area contributed by atoms with E-state index in [1.165, 1.54) is 0 Å². The summed E-state index contributed by atoms with van der Waals surface area (Å²) in [5.74, 6) is 0.419. The Morgan fingerprint density at radius 1 is 1.25 bits per heavy atom. The van der Waals surface area contributed by atoms with E-state index in [1.807, 2.05) is 6.92 Å². The van der Waals surface area contributed by atoms with E-state index in [2.05, 4.69) is 10.3 Å². The van der Waals surface area contributed by atoms with E-state index in [0.29, 0.717) is 13.1 Å². The van der Waals surface area contributed by atoms with E-state index >= 15 is 0 Å². The van der Waals surface area contributed by atoms with E-state index in [4.69, 9.17) is 5.11 Å². The minimum atomic E-state index is -4.42. The number of nitrogens with zero attached hydrogens (tertiary/aromatic N) is 2. The smallest absolute Gasteiger partial charge is 0.395 e. The lowest BCUT2D eigenvalue weighted by molar-refractivity contribution is -0.137. The van der Waals surface area contributed by atoms with Gasteiger partial charge in [-0.25, -0.2) is 4.98 Å². The second-order valence-electron chi connectivity index (χ2n) is 4.34. The van der Waals surface area contributed by atoms with E-state index in [0.717, 1.165) is 18.6 Å². The highest BCUT2D eigenvalue weighted by Crippen LogP contribution is 2.32. The van der Waals surface area contributed by atoms with Crippen LogP contribution in [0.5, 0.6) is 0 Å². The van der Waals surface area contributed by atoms with Gasteiger partial charge in [0.1, 0.15) is 11.6 Å². The number of pyridine rings is 1. The maximum Gasteiger partial charge on any atom is 0.416 e. The van der Waals surface area contributed by atoms with Gasteiger partial charge in [-0.1, -0.05) is 6.92 Å². The van der Waals surface area contributed by atoms with Crippen LogP contribution in [-0.2, 0) is 6.18 Å². The van der Waals surface area contributed by atoms with Crippen molar-refractivity contribution in [3.05, 3.63) is 17.7 Å². The Morgan fingerprint density at radius 2 is 1.95 bits per heavy atom. The summed E-state index contributed by atoms with van der Waals surface area (Å²) < 4.78 is 38.7. The first-order chi connectivity index (χ1) is 9.42. The molecule has 0 bridgehead atoms. The van der Waals surface area contributed by atoms with Crippen molar-refractivity contribution in [3.63, 3.8) is 0 Å². The van der Waals surface area contributed by atoms with Gasteiger partial charge < -0.3 is 15.3 Å². The maximum atomic E-state index is 12.9. The van der Waals surface area contributed by atoms with Gasteiger partial charge in [0, 0.05) is 19.6 Å². The number of hydrogen-bond donors (Lipinski definition) is 2. The molecule has 0 fully saturated rings. The first-order valence-electron chi connectivity index (χ1n) is 6.61. The van der Waals surface area contributed by atoms with E-state index in [1.54, 1.807) is 11.8 Å². The quantitative estimate of drug-likeness (QED) is 0.811. The molecule has 0 aromatic carbocycles. The lowest BCUT2D eigenvalue weighted by Gasteiger charge is -2.24. The fraction of sp³-hybridized carbons (Fsp3) is 0.615. The predicted molar refractivity (Wildman–Crippen MR) is 73.0 cm³/mol. The second-order valence-corrected chi connectivity index (χ2v) is 4.34. The molecule has 7 heteroatoms. The molecule has 0 unspecified atom stereocenters. The van der Waals surface area contributed by atoms with Crippen LogP contribution in [-0.4, -0.2) is 36.3 Å². The summed E-state index contributed by atoms with van der Waals surface area (Å²) in [6.07, 6.45) is -3.66. The molecule has 0 aliphatic heterocycles. The largest absolute Gasteiger partial charge is 0.416 e. The topological polar surface area (TPSA) is 48.4 Å². The molecule has 4 nitrogen and oxygen atoms in total. The van der Waals surface area contributed by atoms with Gasteiger partial charge in [0.15, 0.2) is 0 Å². The number of anilines is 2. The van der Waals surface area contributed by atoms with Gasteiger partial charge in [-0.3, -0.25) is 0 Å². The molecule has 1 aromatic rings. The number of rotatable bonds is 7. The molecule has 1 aromatic heterocycles. The summed E-state index contributed by atoms with van der Waals surface area (Å²) in [7, 11) is 0. The summed E-state index contributed by atoms with van der Waals surface area (Å²) in [5, 5.41) is 11.8. The Morgan fingerprint density at radius 3 is 2.45 bits per heavy atom. The molecule has 0 aliphatic carbocycles. The fourth-order valence-corrected chi connectivity index (χ4v) is 1.84. The number of aliphatic hydroxyl groups excluding tert-OH is 1. The van der Waals surface area contributed by atoms with Crippen molar-refractivity contribution in [1.29, 1.82) is 0 Å². The van der Waals surface area contributed by atoms with Crippen molar-refractivity contribution in [2.24, 2.45) is 0 Å². The fourth-order valence-electron chi connectivity index (χ4n) is 1.84. The average Bonchev–Trinajstić information content (AvgIpc) is 2.37. The molecular formula is C13H20F3N3O. The van der Waals surface area contributed by atoms with Crippen molar-refractivity contribution in [3.8, 4) is 0 Å². The van der Waals surface area contributed by atoms with Gasteiger partial charge in [-0.15, -0.1) is 0 Å². The molecule has 0 radical (unpaired) electrons. The third-order valence-corrected chi connectivity index (χ3v) is 2.68. The minimum Gasteiger partial charge on any atom is -0.395 e. The Bertz CT molecular complexity index is 418. The number of hydrogen-bond acceptors (Lipinski definition) is 4. The molecule has 2 N–H and O–H groups in total. The van der Waals surface area contributed by atoms with E-state index in [9.17, 15) is 13.2 Å². The third kappa shape index (κ3) is 4.56. The highest BCUT2D eigenvalue weighted by molar-refractivity contribution is 5.51. The molecule has 0 spiro atoms. The van der Waals surface area contributed by atoms with Crippen molar-refractivity contribution in [2.75, 3.05) is 36.5 Å². The lowest BCUT2D eigenvalue weighted by Crippen LogP contribution is -2.29. The van der Waals surface area contributed by atoms with Crippen molar-refractivity contribution in [1.82, 2.24) is 4.98 Å². The standard InChI is InChI=1S/C13H20F3N3O/c1-3-5-19(6-7-20)12-9-10(13(14,15)16)8-11(18-12)17-4-2/h8-9,20H,3-7H2,1-2H3,(H,17,18). The zero-order valence-electron chi connectivity index (χ0n) is 11.7. The SMILES string of the molecule is CCCN(CCO)c1cc(C(F)(F)F)cc(NCC)n1. The summed E-state index contributed by atoms with van der Waals surface area (Å²) in [4.78, 5) is 5.83. The number of alkyl halides is 3. The monoisotopic (exact) mass is 291 g/mol. The highest BCUT2D eigenvalue weighted by atomic mass is 19.4. The summed E-state index contributed by atoms with van der Waals surface area (Å²) in [6, 6.07) is 2.02. The Kier molecular flexibility index (Phi) is 6.06. The van der Waals surface area contributed by atoms with E-state index in [-0.39, 0.29) is 24.8 Å². The molecule has 0 amide bonds. The Hall–Kier alpha value is -1.50. The summed E-state index contributed by atoms with van der Waals surface area (Å²) >= 11 is 0. The first kappa shape index (κ1) is 16.6. The Balaban J connectivity index is 3.18. The number of halogens is 3. The molecule has 0 saturated heterocycles. The van der Waals surface area contributed by atoms with Gasteiger partial charge in [0.2, 0.25) is 0 Å². The normalized spacial score (nSPS) is 11.5. The zero-order chi connectivity index (χ0) is 15.2. The summed E-state index contributed by atoms with van der Waals surface area (Å²) in [6.45, 7) is 4.87. The summed E-state index contributed by atoms with van der Waals surface area (Å²) in [5.41, 5.74) is -0.738. The molecule has 0 atom stereocenters. The number of aliphatic hydroxyl groups is 1. The molecule has 1 heterocycles. The zero-order valence-corrected chi connectivity index (χ0v) is 11.7. The third-order valence-electron chi connectivity index (χ3n) is 2.68. The van der Waals surface area contributed by atoms with Crippen LogP contribution in [0, 0.1) is 0 Å². The van der Waals surface area contributed by atoms with Crippen LogP contribution >= 0.6 is 0 Å². The molecule has 20 heavy (non-hydrogen) atoms. The number of nitrogens with one attached hydrogen (secondary N) is 1. The highest BCUT2D eigenvalue weighted by Gasteiger charge is 2.32. The second kappa shape index (κ2) is 7.33. The van der Waals surface area contributed by atoms with Gasteiger partial charge in [0.05, 0.1) is 12.2 Å². The minimum absolute atomic E-state index is 0.130. The molecule has 0 aliphatic rings. The van der Waals surface area contributed by atoms with Crippen LogP contribution < -0.4 is 10.2 Å². The molecule has 114 valence electrons. The van der Waals surface area contributed by atoms with Crippen LogP contribution in [0.4, 0.5) is 24.8 Å². The van der Waals surface area contributed by atoms with Gasteiger partial charge >= 0.3 is 6.18 Å². The first-order valence-corrected chi connectivity index (χ1v) is 6.61. The average molecular weight is 291 g/mol.